The molecule has 2 heterocycles. The number of piperidine rings is 1. The van der Waals surface area contributed by atoms with Gasteiger partial charge in [0.1, 0.15) is 5.69 Å². The first-order valence-corrected chi connectivity index (χ1v) is 10.2. The van der Waals surface area contributed by atoms with Crippen LogP contribution >= 0.6 is 0 Å². The van der Waals surface area contributed by atoms with Crippen molar-refractivity contribution in [2.75, 3.05) is 40.3 Å². The van der Waals surface area contributed by atoms with Gasteiger partial charge >= 0.3 is 0 Å². The van der Waals surface area contributed by atoms with E-state index in [0.29, 0.717) is 23.7 Å². The van der Waals surface area contributed by atoms with E-state index in [1.54, 1.807) is 12.1 Å². The Hall–Kier alpha value is -2.73. The van der Waals surface area contributed by atoms with Gasteiger partial charge in [0.05, 0.1) is 0 Å². The maximum Gasteiger partial charge on any atom is 0.272 e. The van der Waals surface area contributed by atoms with Crippen molar-refractivity contribution in [3.05, 3.63) is 65.5 Å². The Labute approximate surface area is 172 Å². The van der Waals surface area contributed by atoms with Gasteiger partial charge in [-0.15, -0.1) is 0 Å². The number of carbonyl (C=O) groups is 2. The van der Waals surface area contributed by atoms with Gasteiger partial charge in [-0.05, 0) is 57.0 Å². The molecule has 3 rings (SSSR count). The molecule has 0 radical (unpaired) electrons. The summed E-state index contributed by atoms with van der Waals surface area (Å²) in [7, 11) is 3.91. The molecule has 0 bridgehead atoms. The van der Waals surface area contributed by atoms with Crippen molar-refractivity contribution < 1.29 is 9.59 Å². The lowest BCUT2D eigenvalue weighted by Crippen LogP contribution is -2.39. The van der Waals surface area contributed by atoms with Gasteiger partial charge < -0.3 is 15.1 Å². The van der Waals surface area contributed by atoms with Crippen molar-refractivity contribution in [2.45, 2.75) is 19.3 Å². The van der Waals surface area contributed by atoms with Gasteiger partial charge in [-0.2, -0.15) is 0 Å². The molecule has 6 nitrogen and oxygen atoms in total. The van der Waals surface area contributed by atoms with Crippen LogP contribution in [0.15, 0.2) is 48.7 Å². The molecule has 0 spiro atoms. The summed E-state index contributed by atoms with van der Waals surface area (Å²) >= 11 is 0. The Kier molecular flexibility index (Phi) is 7.36. The SMILES string of the molecule is CN(C)CCNC(=O)c1ccnc(C(=O)N2CCC(Cc3ccccc3)CC2)c1. The van der Waals surface area contributed by atoms with Crippen molar-refractivity contribution in [1.82, 2.24) is 20.1 Å². The summed E-state index contributed by atoms with van der Waals surface area (Å²) in [5, 5.41) is 2.87. The second-order valence-electron chi connectivity index (χ2n) is 7.91. The summed E-state index contributed by atoms with van der Waals surface area (Å²) in [4.78, 5) is 33.3. The molecule has 29 heavy (non-hydrogen) atoms. The van der Waals surface area contributed by atoms with Crippen LogP contribution in [0.2, 0.25) is 0 Å². The minimum atomic E-state index is -0.176. The molecule has 1 aliphatic rings. The lowest BCUT2D eigenvalue weighted by atomic mass is 9.90. The highest BCUT2D eigenvalue weighted by Crippen LogP contribution is 2.22. The first-order chi connectivity index (χ1) is 14.0. The fraction of sp³-hybridized carbons (Fsp3) is 0.435. The molecular weight excluding hydrogens is 364 g/mol. The minimum absolute atomic E-state index is 0.0916. The van der Waals surface area contributed by atoms with E-state index >= 15 is 0 Å². The number of likely N-dealkylation sites (tertiary alicyclic amines) is 1. The molecule has 1 aliphatic heterocycles. The van der Waals surface area contributed by atoms with E-state index in [-0.39, 0.29) is 11.8 Å². The normalized spacial score (nSPS) is 14.8. The van der Waals surface area contributed by atoms with E-state index in [1.165, 1.54) is 11.8 Å². The van der Waals surface area contributed by atoms with E-state index < -0.39 is 0 Å². The summed E-state index contributed by atoms with van der Waals surface area (Å²) in [6.07, 6.45) is 4.58. The number of pyridine rings is 1. The summed E-state index contributed by atoms with van der Waals surface area (Å²) in [5.41, 5.74) is 2.17. The molecule has 0 atom stereocenters. The van der Waals surface area contributed by atoms with E-state index in [0.717, 1.165) is 38.9 Å². The number of carbonyl (C=O) groups excluding carboxylic acids is 2. The van der Waals surface area contributed by atoms with Gasteiger partial charge in [0.25, 0.3) is 11.8 Å². The van der Waals surface area contributed by atoms with Gasteiger partial charge in [-0.25, -0.2) is 0 Å². The Morgan fingerprint density at radius 1 is 1.14 bits per heavy atom. The number of hydrogen-bond donors (Lipinski definition) is 1. The average molecular weight is 395 g/mol. The van der Waals surface area contributed by atoms with Crippen LogP contribution in [0.25, 0.3) is 0 Å². The number of hydrogen-bond acceptors (Lipinski definition) is 4. The molecule has 1 N–H and O–H groups in total. The highest BCUT2D eigenvalue weighted by molar-refractivity contribution is 5.98. The van der Waals surface area contributed by atoms with Gasteiger partial charge in [0, 0.05) is 37.9 Å². The van der Waals surface area contributed by atoms with Crippen LogP contribution in [0, 0.1) is 5.92 Å². The van der Waals surface area contributed by atoms with Crippen molar-refractivity contribution in [2.24, 2.45) is 5.92 Å². The lowest BCUT2D eigenvalue weighted by molar-refractivity contribution is 0.0684. The minimum Gasteiger partial charge on any atom is -0.351 e. The van der Waals surface area contributed by atoms with Crippen LogP contribution in [-0.4, -0.2) is 66.9 Å². The number of likely N-dealkylation sites (N-methyl/N-ethyl adjacent to an activating group) is 1. The average Bonchev–Trinajstić information content (AvgIpc) is 2.74. The fourth-order valence-electron chi connectivity index (χ4n) is 3.63. The molecule has 0 saturated carbocycles. The summed E-state index contributed by atoms with van der Waals surface area (Å²) < 4.78 is 0. The van der Waals surface area contributed by atoms with Crippen LogP contribution in [0.1, 0.15) is 39.3 Å². The zero-order chi connectivity index (χ0) is 20.6. The van der Waals surface area contributed by atoms with Crippen LogP contribution < -0.4 is 5.32 Å². The maximum absolute atomic E-state index is 12.9. The van der Waals surface area contributed by atoms with Gasteiger partial charge in [0.15, 0.2) is 0 Å². The van der Waals surface area contributed by atoms with Crippen LogP contribution in [0.4, 0.5) is 0 Å². The molecule has 1 aromatic carbocycles. The van der Waals surface area contributed by atoms with E-state index in [4.69, 9.17) is 0 Å². The van der Waals surface area contributed by atoms with E-state index in [2.05, 4.69) is 34.6 Å². The summed E-state index contributed by atoms with van der Waals surface area (Å²) in [5.74, 6) is 0.333. The molecule has 1 fully saturated rings. The molecule has 154 valence electrons. The smallest absolute Gasteiger partial charge is 0.272 e. The molecule has 2 aromatic rings. The number of rotatable bonds is 7. The largest absolute Gasteiger partial charge is 0.351 e. The molecule has 0 unspecified atom stereocenters. The highest BCUT2D eigenvalue weighted by atomic mass is 16.2. The second kappa shape index (κ2) is 10.2. The maximum atomic E-state index is 12.9. The Bertz CT molecular complexity index is 815. The van der Waals surface area contributed by atoms with Crippen LogP contribution in [0.5, 0.6) is 0 Å². The highest BCUT2D eigenvalue weighted by Gasteiger charge is 2.25. The number of benzene rings is 1. The van der Waals surface area contributed by atoms with Crippen LogP contribution in [0.3, 0.4) is 0 Å². The molecule has 6 heteroatoms. The zero-order valence-corrected chi connectivity index (χ0v) is 17.3. The van der Waals surface area contributed by atoms with Crippen molar-refractivity contribution in [3.63, 3.8) is 0 Å². The number of nitrogens with zero attached hydrogens (tertiary/aromatic N) is 3. The Balaban J connectivity index is 1.53. The first-order valence-electron chi connectivity index (χ1n) is 10.2. The number of nitrogens with one attached hydrogen (secondary N) is 1. The predicted octanol–water partition coefficient (Wildman–Crippen LogP) is 2.47. The van der Waals surface area contributed by atoms with E-state index in [1.807, 2.05) is 30.0 Å². The molecular formula is C23H30N4O2. The van der Waals surface area contributed by atoms with Crippen molar-refractivity contribution >= 4 is 11.8 Å². The molecule has 2 amide bonds. The Morgan fingerprint density at radius 2 is 1.86 bits per heavy atom. The third-order valence-electron chi connectivity index (χ3n) is 5.35. The monoisotopic (exact) mass is 394 g/mol. The quantitative estimate of drug-likeness (QED) is 0.784. The molecule has 0 aliphatic carbocycles. The van der Waals surface area contributed by atoms with Crippen molar-refractivity contribution in [1.29, 1.82) is 0 Å². The van der Waals surface area contributed by atoms with E-state index in [9.17, 15) is 9.59 Å². The summed E-state index contributed by atoms with van der Waals surface area (Å²) in [6, 6.07) is 13.8. The second-order valence-corrected chi connectivity index (χ2v) is 7.91. The molecule has 1 saturated heterocycles. The van der Waals surface area contributed by atoms with Gasteiger partial charge in [0.2, 0.25) is 0 Å². The predicted molar refractivity (Wildman–Crippen MR) is 114 cm³/mol. The third-order valence-corrected chi connectivity index (χ3v) is 5.35. The number of aromatic nitrogens is 1. The Morgan fingerprint density at radius 3 is 2.55 bits per heavy atom. The lowest BCUT2D eigenvalue weighted by Gasteiger charge is -2.32. The van der Waals surface area contributed by atoms with Gasteiger partial charge in [-0.3, -0.25) is 14.6 Å². The number of amides is 2. The van der Waals surface area contributed by atoms with Crippen molar-refractivity contribution in [3.8, 4) is 0 Å². The van der Waals surface area contributed by atoms with Gasteiger partial charge in [-0.1, -0.05) is 30.3 Å². The fourth-order valence-corrected chi connectivity index (χ4v) is 3.63. The third kappa shape index (κ3) is 6.12. The first kappa shape index (κ1) is 21.0. The topological polar surface area (TPSA) is 65.5 Å². The zero-order valence-electron chi connectivity index (χ0n) is 17.3. The molecule has 1 aromatic heterocycles. The van der Waals surface area contributed by atoms with Crippen LogP contribution in [-0.2, 0) is 6.42 Å². The summed E-state index contributed by atoms with van der Waals surface area (Å²) in [6.45, 7) is 2.79. The standard InChI is InChI=1S/C23H30N4O2/c1-26(2)15-12-25-22(28)20-8-11-24-21(17-20)23(29)27-13-9-19(10-14-27)16-18-6-4-3-5-7-18/h3-8,11,17,19H,9-10,12-16H2,1-2H3,(H,25,28).